The molecule has 2 aromatic rings. The molecular weight excluding hydrogens is 312 g/mol. The topological polar surface area (TPSA) is 49.3 Å². The van der Waals surface area contributed by atoms with Gasteiger partial charge in [-0.05, 0) is 41.2 Å². The van der Waals surface area contributed by atoms with Crippen LogP contribution in [0.15, 0.2) is 42.5 Å². The summed E-state index contributed by atoms with van der Waals surface area (Å²) in [5.74, 6) is -2.26. The van der Waals surface area contributed by atoms with E-state index in [0.29, 0.717) is 18.4 Å². The van der Waals surface area contributed by atoms with Crippen molar-refractivity contribution in [3.8, 4) is 0 Å². The van der Waals surface area contributed by atoms with E-state index in [-0.39, 0.29) is 17.7 Å². The summed E-state index contributed by atoms with van der Waals surface area (Å²) in [5.41, 5.74) is 2.63. The molecule has 2 aliphatic rings. The van der Waals surface area contributed by atoms with Gasteiger partial charge < -0.3 is 10.4 Å². The summed E-state index contributed by atoms with van der Waals surface area (Å²) in [4.78, 5) is 12.5. The van der Waals surface area contributed by atoms with Gasteiger partial charge in [0.25, 0.3) is 0 Å². The number of benzene rings is 2. The van der Waals surface area contributed by atoms with Gasteiger partial charge in [0.2, 0.25) is 5.91 Å². The first-order chi connectivity index (χ1) is 11.5. The van der Waals surface area contributed by atoms with Crippen molar-refractivity contribution in [3.63, 3.8) is 0 Å². The standard InChI is InChI=1S/C19H17F2NO2/c20-15-6-5-11(7-16(15)21)13-9-14(13)19(24)22-18-12-4-2-1-3-10(12)8-17(18)23/h1-7,13-14,17-18,23H,8-9H2,(H,22,24)/t13?,14?,17-,18+/m1/s1. The largest absolute Gasteiger partial charge is 0.390 e. The summed E-state index contributed by atoms with van der Waals surface area (Å²) in [5, 5.41) is 13.1. The fraction of sp³-hybridized carbons (Fsp3) is 0.316. The van der Waals surface area contributed by atoms with Crippen LogP contribution in [0.25, 0.3) is 0 Å². The average Bonchev–Trinajstić information content (AvgIpc) is 3.30. The fourth-order valence-electron chi connectivity index (χ4n) is 3.60. The fourth-order valence-corrected chi connectivity index (χ4v) is 3.60. The van der Waals surface area contributed by atoms with E-state index in [2.05, 4.69) is 5.32 Å². The van der Waals surface area contributed by atoms with Crippen LogP contribution in [-0.4, -0.2) is 17.1 Å². The van der Waals surface area contributed by atoms with Crippen LogP contribution in [0, 0.1) is 17.6 Å². The van der Waals surface area contributed by atoms with Crippen LogP contribution in [-0.2, 0) is 11.2 Å². The normalized spacial score (nSPS) is 27.6. The van der Waals surface area contributed by atoms with E-state index in [9.17, 15) is 18.7 Å². The Labute approximate surface area is 138 Å². The zero-order valence-electron chi connectivity index (χ0n) is 12.9. The molecular formula is C19H17F2NO2. The Morgan fingerprint density at radius 2 is 1.92 bits per heavy atom. The number of nitrogens with one attached hydrogen (secondary N) is 1. The molecule has 5 heteroatoms. The minimum Gasteiger partial charge on any atom is -0.390 e. The smallest absolute Gasteiger partial charge is 0.224 e. The molecule has 0 radical (unpaired) electrons. The first-order valence-corrected chi connectivity index (χ1v) is 8.06. The highest BCUT2D eigenvalue weighted by atomic mass is 19.2. The number of carbonyl (C=O) groups is 1. The quantitative estimate of drug-likeness (QED) is 0.910. The molecule has 2 aliphatic carbocycles. The van der Waals surface area contributed by atoms with Gasteiger partial charge in [-0.3, -0.25) is 4.79 Å². The molecule has 1 saturated carbocycles. The SMILES string of the molecule is O=C(N[C@H]1c2ccccc2C[C@H]1O)C1CC1c1ccc(F)c(F)c1. The molecule has 3 nitrogen and oxygen atoms in total. The molecule has 2 unspecified atom stereocenters. The molecule has 4 atom stereocenters. The van der Waals surface area contributed by atoms with E-state index in [1.54, 1.807) is 0 Å². The van der Waals surface area contributed by atoms with E-state index < -0.39 is 23.8 Å². The van der Waals surface area contributed by atoms with Gasteiger partial charge in [0.05, 0.1) is 12.1 Å². The lowest BCUT2D eigenvalue weighted by Gasteiger charge is -2.18. The predicted octanol–water partition coefficient (Wildman–Crippen LogP) is 2.84. The highest BCUT2D eigenvalue weighted by Crippen LogP contribution is 2.48. The molecule has 0 heterocycles. The third kappa shape index (κ3) is 2.59. The monoisotopic (exact) mass is 329 g/mol. The van der Waals surface area contributed by atoms with Crippen LogP contribution in [0.5, 0.6) is 0 Å². The lowest BCUT2D eigenvalue weighted by atomic mass is 10.1. The van der Waals surface area contributed by atoms with E-state index in [1.807, 2.05) is 24.3 Å². The molecule has 24 heavy (non-hydrogen) atoms. The Morgan fingerprint density at radius 1 is 1.12 bits per heavy atom. The summed E-state index contributed by atoms with van der Waals surface area (Å²) in [6.07, 6.45) is 0.506. The number of aliphatic hydroxyl groups excluding tert-OH is 1. The average molecular weight is 329 g/mol. The van der Waals surface area contributed by atoms with Gasteiger partial charge in [-0.2, -0.15) is 0 Å². The van der Waals surface area contributed by atoms with Crippen LogP contribution in [0.2, 0.25) is 0 Å². The first-order valence-electron chi connectivity index (χ1n) is 8.06. The number of amides is 1. The van der Waals surface area contributed by atoms with Crippen LogP contribution >= 0.6 is 0 Å². The van der Waals surface area contributed by atoms with Gasteiger partial charge in [-0.15, -0.1) is 0 Å². The van der Waals surface area contributed by atoms with Crippen molar-refractivity contribution < 1.29 is 18.7 Å². The Bertz CT molecular complexity index is 808. The molecule has 1 amide bonds. The van der Waals surface area contributed by atoms with Gasteiger partial charge in [-0.1, -0.05) is 30.3 Å². The van der Waals surface area contributed by atoms with E-state index >= 15 is 0 Å². The van der Waals surface area contributed by atoms with Gasteiger partial charge in [0, 0.05) is 12.3 Å². The van der Waals surface area contributed by atoms with Gasteiger partial charge in [0.1, 0.15) is 0 Å². The zero-order valence-corrected chi connectivity index (χ0v) is 12.9. The number of hydrogen-bond donors (Lipinski definition) is 2. The van der Waals surface area contributed by atoms with E-state index in [0.717, 1.165) is 23.3 Å². The lowest BCUT2D eigenvalue weighted by Crippen LogP contribution is -2.35. The van der Waals surface area contributed by atoms with E-state index in [4.69, 9.17) is 0 Å². The Morgan fingerprint density at radius 3 is 2.71 bits per heavy atom. The highest BCUT2D eigenvalue weighted by Gasteiger charge is 2.45. The number of rotatable bonds is 3. The highest BCUT2D eigenvalue weighted by molar-refractivity contribution is 5.83. The Balaban J connectivity index is 1.46. The minimum atomic E-state index is -0.890. The van der Waals surface area contributed by atoms with Gasteiger partial charge in [0.15, 0.2) is 11.6 Å². The van der Waals surface area contributed by atoms with Crippen LogP contribution in [0.4, 0.5) is 8.78 Å². The molecule has 1 fully saturated rings. The van der Waals surface area contributed by atoms with Crippen molar-refractivity contribution in [1.29, 1.82) is 0 Å². The van der Waals surface area contributed by atoms with Crippen molar-refractivity contribution in [2.75, 3.05) is 0 Å². The maximum atomic E-state index is 13.3. The molecule has 2 N–H and O–H groups in total. The molecule has 0 aliphatic heterocycles. The van der Waals surface area contributed by atoms with Crippen molar-refractivity contribution in [1.82, 2.24) is 5.32 Å². The molecule has 124 valence electrons. The maximum Gasteiger partial charge on any atom is 0.224 e. The second-order valence-corrected chi connectivity index (χ2v) is 6.58. The van der Waals surface area contributed by atoms with Crippen molar-refractivity contribution in [3.05, 3.63) is 70.8 Å². The molecule has 2 aromatic carbocycles. The third-order valence-corrected chi connectivity index (χ3v) is 5.00. The van der Waals surface area contributed by atoms with Crippen LogP contribution < -0.4 is 5.32 Å². The molecule has 0 aromatic heterocycles. The Hall–Kier alpha value is -2.27. The summed E-state index contributed by atoms with van der Waals surface area (Å²) in [6, 6.07) is 11.0. The number of aliphatic hydroxyl groups is 1. The minimum absolute atomic E-state index is 0.0890. The molecule has 0 bridgehead atoms. The van der Waals surface area contributed by atoms with Crippen molar-refractivity contribution in [2.24, 2.45) is 5.92 Å². The predicted molar refractivity (Wildman–Crippen MR) is 84.2 cm³/mol. The van der Waals surface area contributed by atoms with Crippen molar-refractivity contribution >= 4 is 5.91 Å². The Kier molecular flexibility index (Phi) is 3.61. The number of hydrogen-bond acceptors (Lipinski definition) is 2. The van der Waals surface area contributed by atoms with Crippen molar-refractivity contribution in [2.45, 2.75) is 30.9 Å². The molecule has 0 spiro atoms. The first kappa shape index (κ1) is 15.3. The summed E-state index contributed by atoms with van der Waals surface area (Å²) in [6.45, 7) is 0. The second-order valence-electron chi connectivity index (χ2n) is 6.58. The lowest BCUT2D eigenvalue weighted by molar-refractivity contribution is -0.123. The van der Waals surface area contributed by atoms with Gasteiger partial charge in [-0.25, -0.2) is 8.78 Å². The maximum absolute atomic E-state index is 13.3. The molecule has 4 rings (SSSR count). The van der Waals surface area contributed by atoms with E-state index in [1.165, 1.54) is 6.07 Å². The number of halogens is 2. The summed E-state index contributed by atoms with van der Waals surface area (Å²) >= 11 is 0. The van der Waals surface area contributed by atoms with Gasteiger partial charge >= 0.3 is 0 Å². The number of fused-ring (bicyclic) bond motifs is 1. The van der Waals surface area contributed by atoms with Crippen LogP contribution in [0.3, 0.4) is 0 Å². The zero-order chi connectivity index (χ0) is 16.8. The second kappa shape index (κ2) is 5.67. The number of carbonyl (C=O) groups excluding carboxylic acids is 1. The third-order valence-electron chi connectivity index (χ3n) is 5.00. The molecule has 0 saturated heterocycles. The van der Waals surface area contributed by atoms with Crippen LogP contribution in [0.1, 0.15) is 35.1 Å². The summed E-state index contributed by atoms with van der Waals surface area (Å²) in [7, 11) is 0. The summed E-state index contributed by atoms with van der Waals surface area (Å²) < 4.78 is 26.3.